The zero-order valence-corrected chi connectivity index (χ0v) is 15.3. The van der Waals surface area contributed by atoms with Gasteiger partial charge < -0.3 is 4.42 Å². The van der Waals surface area contributed by atoms with Crippen molar-refractivity contribution in [2.24, 2.45) is 0 Å². The molecule has 136 valence electrons. The van der Waals surface area contributed by atoms with Crippen molar-refractivity contribution in [2.75, 3.05) is 0 Å². The van der Waals surface area contributed by atoms with Crippen LogP contribution in [-0.4, -0.2) is 20.4 Å². The van der Waals surface area contributed by atoms with Crippen molar-refractivity contribution < 1.29 is 9.21 Å². The smallest absolute Gasteiger partial charge is 0.170 e. The Labute approximate surface area is 157 Å². The maximum atomic E-state index is 12.6. The van der Waals surface area contributed by atoms with Crippen molar-refractivity contribution in [1.29, 1.82) is 0 Å². The van der Waals surface area contributed by atoms with Gasteiger partial charge in [0.2, 0.25) is 0 Å². The normalized spacial score (nSPS) is 11.1. The molecule has 5 nitrogen and oxygen atoms in total. The van der Waals surface area contributed by atoms with E-state index < -0.39 is 0 Å². The summed E-state index contributed by atoms with van der Waals surface area (Å²) >= 11 is 0. The number of hydrogen-bond donors (Lipinski definition) is 0. The molecule has 0 amide bonds. The Morgan fingerprint density at radius 3 is 2.70 bits per heavy atom. The van der Waals surface area contributed by atoms with Crippen LogP contribution in [0.15, 0.2) is 65.5 Å². The lowest BCUT2D eigenvalue weighted by molar-refractivity contribution is 0.0991. The van der Waals surface area contributed by atoms with Gasteiger partial charge in [-0.15, -0.1) is 0 Å². The van der Waals surface area contributed by atoms with Crippen LogP contribution in [0.3, 0.4) is 0 Å². The Morgan fingerprint density at radius 2 is 1.96 bits per heavy atom. The molecular weight excluding hydrogens is 338 g/mol. The van der Waals surface area contributed by atoms with Crippen LogP contribution in [0, 0.1) is 0 Å². The molecule has 27 heavy (non-hydrogen) atoms. The molecule has 0 saturated heterocycles. The maximum Gasteiger partial charge on any atom is 0.170 e. The Morgan fingerprint density at radius 1 is 1.11 bits per heavy atom. The minimum Gasteiger partial charge on any atom is -0.472 e. The molecule has 1 aromatic carbocycles. The van der Waals surface area contributed by atoms with Gasteiger partial charge in [0.15, 0.2) is 17.3 Å². The number of furan rings is 1. The number of nitrogens with zero attached hydrogens (tertiary/aromatic N) is 3. The second kappa shape index (κ2) is 7.58. The van der Waals surface area contributed by atoms with Crippen LogP contribution in [-0.2, 0) is 12.8 Å². The van der Waals surface area contributed by atoms with Crippen LogP contribution in [0.5, 0.6) is 0 Å². The first-order valence-electron chi connectivity index (χ1n) is 9.24. The highest BCUT2D eigenvalue weighted by atomic mass is 16.3. The minimum atomic E-state index is 0.0257. The molecule has 4 aromatic rings. The molecule has 3 aromatic heterocycles. The van der Waals surface area contributed by atoms with Crippen molar-refractivity contribution in [3.8, 4) is 11.3 Å². The molecule has 0 radical (unpaired) electrons. The van der Waals surface area contributed by atoms with E-state index >= 15 is 0 Å². The number of aryl methyl sites for hydroxylation is 1. The van der Waals surface area contributed by atoms with Crippen molar-refractivity contribution in [1.82, 2.24) is 14.6 Å². The first-order chi connectivity index (χ1) is 13.2. The Hall–Kier alpha value is -3.21. The van der Waals surface area contributed by atoms with Crippen molar-refractivity contribution >= 4 is 11.4 Å². The van der Waals surface area contributed by atoms with Crippen LogP contribution in [0.1, 0.15) is 41.5 Å². The third kappa shape index (κ3) is 3.67. The van der Waals surface area contributed by atoms with E-state index in [1.165, 1.54) is 12.0 Å². The summed E-state index contributed by atoms with van der Waals surface area (Å²) in [7, 11) is 0. The molecule has 0 unspecified atom stereocenters. The van der Waals surface area contributed by atoms with E-state index in [1.54, 1.807) is 17.0 Å². The fourth-order valence-electron chi connectivity index (χ4n) is 3.14. The van der Waals surface area contributed by atoms with Crippen molar-refractivity contribution in [3.63, 3.8) is 0 Å². The zero-order chi connectivity index (χ0) is 18.6. The van der Waals surface area contributed by atoms with E-state index in [0.29, 0.717) is 17.0 Å². The monoisotopic (exact) mass is 359 g/mol. The molecule has 0 fully saturated rings. The van der Waals surface area contributed by atoms with E-state index in [1.807, 2.05) is 48.5 Å². The average Bonchev–Trinajstić information content (AvgIpc) is 3.35. The van der Waals surface area contributed by atoms with E-state index in [2.05, 4.69) is 17.0 Å². The first-order valence-corrected chi connectivity index (χ1v) is 9.24. The zero-order valence-electron chi connectivity index (χ0n) is 15.3. The van der Waals surface area contributed by atoms with Crippen LogP contribution in [0.2, 0.25) is 0 Å². The van der Waals surface area contributed by atoms with E-state index in [9.17, 15) is 4.79 Å². The molecule has 0 bridgehead atoms. The molecule has 3 heterocycles. The first kappa shape index (κ1) is 17.2. The topological polar surface area (TPSA) is 60.4 Å². The third-order valence-corrected chi connectivity index (χ3v) is 4.63. The predicted octanol–water partition coefficient (Wildman–Crippen LogP) is 4.76. The third-order valence-electron chi connectivity index (χ3n) is 4.63. The molecule has 0 N–H and O–H groups in total. The molecule has 4 rings (SSSR count). The average molecular weight is 359 g/mol. The summed E-state index contributed by atoms with van der Waals surface area (Å²) in [6.07, 6.45) is 6.86. The molecule has 0 aliphatic heterocycles. The summed E-state index contributed by atoms with van der Waals surface area (Å²) in [5.41, 5.74) is 4.48. The largest absolute Gasteiger partial charge is 0.472 e. The molecule has 5 heteroatoms. The van der Waals surface area contributed by atoms with Gasteiger partial charge in [-0.05, 0) is 36.6 Å². The highest BCUT2D eigenvalue weighted by Gasteiger charge is 2.14. The van der Waals surface area contributed by atoms with E-state index in [-0.39, 0.29) is 12.2 Å². The number of carbonyl (C=O) groups excluding carboxylic acids is 1. The number of ketones is 1. The molecule has 0 saturated carbocycles. The number of rotatable bonds is 7. The van der Waals surface area contributed by atoms with Crippen LogP contribution in [0.25, 0.3) is 16.9 Å². The van der Waals surface area contributed by atoms with Gasteiger partial charge in [0.05, 0.1) is 24.6 Å². The van der Waals surface area contributed by atoms with Gasteiger partial charge in [0.1, 0.15) is 0 Å². The number of hydrogen-bond acceptors (Lipinski definition) is 4. The van der Waals surface area contributed by atoms with Gasteiger partial charge in [-0.3, -0.25) is 4.79 Å². The molecular formula is C22H21N3O2. The highest BCUT2D eigenvalue weighted by molar-refractivity contribution is 5.97. The second-order valence-corrected chi connectivity index (χ2v) is 6.62. The van der Waals surface area contributed by atoms with Gasteiger partial charge in [0, 0.05) is 11.1 Å². The number of fused-ring (bicyclic) bond motifs is 1. The number of carbonyl (C=O) groups is 1. The fourth-order valence-corrected chi connectivity index (χ4v) is 3.14. The van der Waals surface area contributed by atoms with Crippen LogP contribution < -0.4 is 0 Å². The number of unbranched alkanes of at least 4 members (excludes halogenated alkanes) is 1. The van der Waals surface area contributed by atoms with Crippen LogP contribution in [0.4, 0.5) is 0 Å². The van der Waals surface area contributed by atoms with E-state index in [0.717, 1.165) is 24.1 Å². The number of benzene rings is 1. The number of Topliss-reactive ketones (excluding diaryl/α,β-unsaturated/α-hetero) is 1. The van der Waals surface area contributed by atoms with Gasteiger partial charge >= 0.3 is 0 Å². The summed E-state index contributed by atoms with van der Waals surface area (Å²) in [4.78, 5) is 17.1. The molecule has 0 aliphatic rings. The van der Waals surface area contributed by atoms with Gasteiger partial charge in [0.25, 0.3) is 0 Å². The lowest BCUT2D eigenvalue weighted by Gasteiger charge is -2.02. The lowest BCUT2D eigenvalue weighted by atomic mass is 10.0. The van der Waals surface area contributed by atoms with Crippen LogP contribution >= 0.6 is 0 Å². The van der Waals surface area contributed by atoms with Gasteiger partial charge in [-0.1, -0.05) is 43.7 Å². The summed E-state index contributed by atoms with van der Waals surface area (Å²) in [6.45, 7) is 2.18. The lowest BCUT2D eigenvalue weighted by Crippen LogP contribution is -2.05. The number of pyridine rings is 1. The SMILES string of the molecule is CCCCc1ccc(C(=O)Cc2nc3cccc(-c4ccoc4)n3n2)cc1. The predicted molar refractivity (Wildman–Crippen MR) is 104 cm³/mol. The van der Waals surface area contributed by atoms with E-state index in [4.69, 9.17) is 4.42 Å². The Balaban J connectivity index is 1.55. The molecule has 0 aliphatic carbocycles. The fraction of sp³-hybridized carbons (Fsp3) is 0.227. The summed E-state index contributed by atoms with van der Waals surface area (Å²) < 4.78 is 6.92. The quantitative estimate of drug-likeness (QED) is 0.447. The Bertz CT molecular complexity index is 1050. The highest BCUT2D eigenvalue weighted by Crippen LogP contribution is 2.20. The summed E-state index contributed by atoms with van der Waals surface area (Å²) in [5.74, 6) is 0.545. The summed E-state index contributed by atoms with van der Waals surface area (Å²) in [5, 5.41) is 4.54. The standard InChI is InChI=1S/C22H21N3O2/c1-2-3-5-16-8-10-17(11-9-16)20(26)14-21-23-22-7-4-6-19(25(22)24-21)18-12-13-27-15-18/h4,6-13,15H,2-3,5,14H2,1H3. The molecule has 0 spiro atoms. The number of aromatic nitrogens is 3. The van der Waals surface area contributed by atoms with Crippen molar-refractivity contribution in [3.05, 3.63) is 78.0 Å². The Kier molecular flexibility index (Phi) is 4.83. The minimum absolute atomic E-state index is 0.0257. The molecule has 0 atom stereocenters. The summed E-state index contributed by atoms with van der Waals surface area (Å²) in [6, 6.07) is 15.5. The van der Waals surface area contributed by atoms with Gasteiger partial charge in [-0.25, -0.2) is 9.50 Å². The van der Waals surface area contributed by atoms with Crippen molar-refractivity contribution in [2.45, 2.75) is 32.6 Å². The second-order valence-electron chi connectivity index (χ2n) is 6.62. The van der Waals surface area contributed by atoms with Gasteiger partial charge in [-0.2, -0.15) is 5.10 Å². The maximum absolute atomic E-state index is 12.6.